The van der Waals surface area contributed by atoms with Crippen molar-refractivity contribution >= 4 is 10.9 Å². The van der Waals surface area contributed by atoms with Crippen molar-refractivity contribution in [3.63, 3.8) is 0 Å². The molecule has 19 heavy (non-hydrogen) atoms. The lowest BCUT2D eigenvalue weighted by Gasteiger charge is -2.06. The first-order valence-electron chi connectivity index (χ1n) is 5.84. The van der Waals surface area contributed by atoms with Crippen molar-refractivity contribution in [2.45, 2.75) is 0 Å². The second-order valence-electron chi connectivity index (χ2n) is 4.20. The largest absolute Gasteiger partial charge is 0.246 e. The van der Waals surface area contributed by atoms with Gasteiger partial charge in [-0.05, 0) is 36.4 Å². The molecule has 3 aromatic rings. The van der Waals surface area contributed by atoms with Crippen LogP contribution in [0, 0.1) is 17.1 Å². The molecule has 0 aliphatic carbocycles. The predicted molar refractivity (Wildman–Crippen MR) is 71.9 cm³/mol. The van der Waals surface area contributed by atoms with Gasteiger partial charge in [0.05, 0.1) is 16.8 Å². The number of aromatic nitrogens is 1. The Kier molecular flexibility index (Phi) is 2.70. The third-order valence-corrected chi connectivity index (χ3v) is 2.96. The fourth-order valence-electron chi connectivity index (χ4n) is 2.03. The van der Waals surface area contributed by atoms with Crippen LogP contribution < -0.4 is 0 Å². The van der Waals surface area contributed by atoms with Crippen LogP contribution >= 0.6 is 0 Å². The Morgan fingerprint density at radius 3 is 2.47 bits per heavy atom. The number of rotatable bonds is 1. The predicted octanol–water partition coefficient (Wildman–Crippen LogP) is 3.91. The van der Waals surface area contributed by atoms with Gasteiger partial charge in [0, 0.05) is 10.9 Å². The maximum Gasteiger partial charge on any atom is 0.123 e. The van der Waals surface area contributed by atoms with Crippen molar-refractivity contribution in [1.82, 2.24) is 4.98 Å². The molecular weight excluding hydrogens is 239 g/mol. The second kappa shape index (κ2) is 4.51. The maximum absolute atomic E-state index is 13.0. The molecule has 1 heterocycles. The lowest BCUT2D eigenvalue weighted by molar-refractivity contribution is 0.628. The van der Waals surface area contributed by atoms with E-state index in [-0.39, 0.29) is 5.82 Å². The minimum absolute atomic E-state index is 0.303. The van der Waals surface area contributed by atoms with Gasteiger partial charge in [0.15, 0.2) is 0 Å². The lowest BCUT2D eigenvalue weighted by atomic mass is 10.0. The fraction of sp³-hybridized carbons (Fsp3) is 0. The highest BCUT2D eigenvalue weighted by atomic mass is 19.1. The summed E-state index contributed by atoms with van der Waals surface area (Å²) in [6, 6.07) is 17.6. The maximum atomic E-state index is 13.0. The molecule has 0 N–H and O–H groups in total. The Morgan fingerprint density at radius 2 is 1.74 bits per heavy atom. The molecule has 3 heteroatoms. The summed E-state index contributed by atoms with van der Waals surface area (Å²) in [7, 11) is 0. The summed E-state index contributed by atoms with van der Waals surface area (Å²) in [4.78, 5) is 4.50. The van der Waals surface area contributed by atoms with Crippen molar-refractivity contribution in [1.29, 1.82) is 5.26 Å². The first-order chi connectivity index (χ1) is 9.28. The van der Waals surface area contributed by atoms with E-state index < -0.39 is 0 Å². The SMILES string of the molecule is N#Cc1cc2ccccc2nc1-c1ccc(F)cc1. The molecule has 90 valence electrons. The van der Waals surface area contributed by atoms with Crippen LogP contribution in [0.2, 0.25) is 0 Å². The van der Waals surface area contributed by atoms with Gasteiger partial charge in [-0.3, -0.25) is 0 Å². The number of halogens is 1. The Hall–Kier alpha value is -2.73. The van der Waals surface area contributed by atoms with E-state index >= 15 is 0 Å². The van der Waals surface area contributed by atoms with Crippen molar-refractivity contribution in [2.75, 3.05) is 0 Å². The van der Waals surface area contributed by atoms with Crippen LogP contribution in [0.15, 0.2) is 54.6 Å². The monoisotopic (exact) mass is 248 g/mol. The fourth-order valence-corrected chi connectivity index (χ4v) is 2.03. The Labute approximate surface area is 109 Å². The minimum atomic E-state index is -0.303. The molecule has 0 saturated carbocycles. The van der Waals surface area contributed by atoms with Crippen LogP contribution in [-0.4, -0.2) is 4.98 Å². The van der Waals surface area contributed by atoms with Gasteiger partial charge in [0.25, 0.3) is 0 Å². The van der Waals surface area contributed by atoms with E-state index in [0.29, 0.717) is 11.3 Å². The van der Waals surface area contributed by atoms with Gasteiger partial charge in [-0.1, -0.05) is 18.2 Å². The highest BCUT2D eigenvalue weighted by Crippen LogP contribution is 2.25. The van der Waals surface area contributed by atoms with Gasteiger partial charge in [-0.15, -0.1) is 0 Å². The smallest absolute Gasteiger partial charge is 0.123 e. The van der Waals surface area contributed by atoms with Gasteiger partial charge >= 0.3 is 0 Å². The van der Waals surface area contributed by atoms with Crippen LogP contribution in [0.3, 0.4) is 0 Å². The molecule has 0 unspecified atom stereocenters. The number of benzene rings is 2. The van der Waals surface area contributed by atoms with Crippen LogP contribution in [0.1, 0.15) is 5.56 Å². The summed E-state index contributed by atoms with van der Waals surface area (Å²) in [5.41, 5.74) is 2.64. The summed E-state index contributed by atoms with van der Waals surface area (Å²) in [5.74, 6) is -0.303. The number of nitriles is 1. The average Bonchev–Trinajstić information content (AvgIpc) is 2.46. The van der Waals surface area contributed by atoms with E-state index in [0.717, 1.165) is 16.5 Å². The average molecular weight is 248 g/mol. The molecule has 0 spiro atoms. The van der Waals surface area contributed by atoms with Gasteiger partial charge in [-0.25, -0.2) is 9.37 Å². The minimum Gasteiger partial charge on any atom is -0.246 e. The summed E-state index contributed by atoms with van der Waals surface area (Å²) in [6.07, 6.45) is 0. The van der Waals surface area contributed by atoms with Crippen molar-refractivity contribution in [3.05, 3.63) is 66.0 Å². The van der Waals surface area contributed by atoms with E-state index in [1.165, 1.54) is 12.1 Å². The zero-order valence-corrected chi connectivity index (χ0v) is 9.97. The summed E-state index contributed by atoms with van der Waals surface area (Å²) in [5, 5.41) is 10.2. The first-order valence-corrected chi connectivity index (χ1v) is 5.84. The number of fused-ring (bicyclic) bond motifs is 1. The van der Waals surface area contributed by atoms with Crippen LogP contribution in [-0.2, 0) is 0 Å². The van der Waals surface area contributed by atoms with Crippen LogP contribution in [0.5, 0.6) is 0 Å². The molecule has 0 fully saturated rings. The Bertz CT molecular complexity index is 786. The number of hydrogen-bond donors (Lipinski definition) is 0. The van der Waals surface area contributed by atoms with E-state index in [1.54, 1.807) is 18.2 Å². The topological polar surface area (TPSA) is 36.7 Å². The molecule has 2 aromatic carbocycles. The van der Waals surface area contributed by atoms with E-state index in [4.69, 9.17) is 0 Å². The summed E-state index contributed by atoms with van der Waals surface area (Å²) >= 11 is 0. The quantitative estimate of drug-likeness (QED) is 0.654. The molecule has 0 amide bonds. The molecule has 1 aromatic heterocycles. The standard InChI is InChI=1S/C16H9FN2/c17-14-7-5-11(6-8-14)16-13(10-18)9-12-3-1-2-4-15(12)19-16/h1-9H. The molecule has 0 aliphatic rings. The third kappa shape index (κ3) is 2.04. The molecule has 3 rings (SSSR count). The highest BCUT2D eigenvalue weighted by molar-refractivity contribution is 5.84. The number of nitrogens with zero attached hydrogens (tertiary/aromatic N) is 2. The molecule has 0 atom stereocenters. The van der Waals surface area contributed by atoms with E-state index in [1.807, 2.05) is 24.3 Å². The van der Waals surface area contributed by atoms with Gasteiger partial charge < -0.3 is 0 Å². The zero-order valence-electron chi connectivity index (χ0n) is 9.97. The van der Waals surface area contributed by atoms with Crippen LogP contribution in [0.4, 0.5) is 4.39 Å². The second-order valence-corrected chi connectivity index (χ2v) is 4.20. The van der Waals surface area contributed by atoms with Crippen molar-refractivity contribution < 1.29 is 4.39 Å². The lowest BCUT2D eigenvalue weighted by Crippen LogP contribution is -1.91. The zero-order chi connectivity index (χ0) is 13.2. The molecule has 0 saturated heterocycles. The Balaban J connectivity index is 2.27. The van der Waals surface area contributed by atoms with Crippen LogP contribution in [0.25, 0.3) is 22.2 Å². The van der Waals surface area contributed by atoms with E-state index in [9.17, 15) is 9.65 Å². The van der Waals surface area contributed by atoms with Gasteiger partial charge in [0.2, 0.25) is 0 Å². The molecule has 0 bridgehead atoms. The summed E-state index contributed by atoms with van der Waals surface area (Å²) in [6.45, 7) is 0. The van der Waals surface area contributed by atoms with E-state index in [2.05, 4.69) is 11.1 Å². The molecule has 0 aliphatic heterocycles. The molecular formula is C16H9FN2. The number of pyridine rings is 1. The van der Waals surface area contributed by atoms with Gasteiger partial charge in [0.1, 0.15) is 11.9 Å². The normalized spacial score (nSPS) is 10.3. The number of para-hydroxylation sites is 1. The first kappa shape index (κ1) is 11.4. The molecule has 0 radical (unpaired) electrons. The summed E-state index contributed by atoms with van der Waals surface area (Å²) < 4.78 is 13.0. The third-order valence-electron chi connectivity index (χ3n) is 2.96. The molecule has 2 nitrogen and oxygen atoms in total. The number of hydrogen-bond acceptors (Lipinski definition) is 2. The Morgan fingerprint density at radius 1 is 1.00 bits per heavy atom. The van der Waals surface area contributed by atoms with Crippen molar-refractivity contribution in [3.8, 4) is 17.3 Å². The van der Waals surface area contributed by atoms with Crippen molar-refractivity contribution in [2.24, 2.45) is 0 Å². The van der Waals surface area contributed by atoms with Gasteiger partial charge in [-0.2, -0.15) is 5.26 Å². The highest BCUT2D eigenvalue weighted by Gasteiger charge is 2.08.